The van der Waals surface area contributed by atoms with E-state index >= 15 is 0 Å². The Morgan fingerprint density at radius 2 is 1.91 bits per heavy atom. The second kappa shape index (κ2) is 9.26. The highest BCUT2D eigenvalue weighted by Crippen LogP contribution is 2.28. The van der Waals surface area contributed by atoms with E-state index in [1.165, 1.54) is 10.2 Å². The average Bonchev–Trinajstić information content (AvgIpc) is 3.20. The van der Waals surface area contributed by atoms with Crippen LogP contribution in [0.5, 0.6) is 5.75 Å². The number of carbonyl (C=O) groups is 1. The molecule has 4 rings (SSSR count). The fourth-order valence-electron chi connectivity index (χ4n) is 4.07. The Kier molecular flexibility index (Phi) is 6.25. The van der Waals surface area contributed by atoms with Gasteiger partial charge in [0.25, 0.3) is 5.56 Å². The minimum absolute atomic E-state index is 0.00654. The molecular weight excluding hydrogens is 404 g/mol. The molecule has 0 saturated heterocycles. The van der Waals surface area contributed by atoms with Crippen molar-refractivity contribution in [1.29, 1.82) is 0 Å². The molecule has 0 aliphatic carbocycles. The van der Waals surface area contributed by atoms with Gasteiger partial charge in [-0.25, -0.2) is 4.68 Å². The van der Waals surface area contributed by atoms with Crippen molar-refractivity contribution in [1.82, 2.24) is 19.5 Å². The Hall–Kier alpha value is -3.61. The van der Waals surface area contributed by atoms with Crippen molar-refractivity contribution in [2.75, 3.05) is 7.11 Å². The molecule has 7 nitrogen and oxygen atoms in total. The van der Waals surface area contributed by atoms with Crippen molar-refractivity contribution in [2.45, 2.75) is 45.7 Å². The molecule has 32 heavy (non-hydrogen) atoms. The van der Waals surface area contributed by atoms with Crippen LogP contribution in [0.2, 0.25) is 0 Å². The molecule has 0 saturated carbocycles. The number of fused-ring (bicyclic) bond motifs is 3. The molecule has 0 spiro atoms. The van der Waals surface area contributed by atoms with Crippen molar-refractivity contribution >= 4 is 22.3 Å². The van der Waals surface area contributed by atoms with E-state index in [9.17, 15) is 9.59 Å². The van der Waals surface area contributed by atoms with Crippen LogP contribution in [0.3, 0.4) is 0 Å². The summed E-state index contributed by atoms with van der Waals surface area (Å²) in [5, 5.41) is 8.34. The van der Waals surface area contributed by atoms with Crippen molar-refractivity contribution < 1.29 is 9.53 Å². The van der Waals surface area contributed by atoms with Crippen LogP contribution in [0.15, 0.2) is 59.4 Å². The number of methoxy groups -OCH3 is 1. The zero-order valence-electron chi connectivity index (χ0n) is 18.7. The molecule has 1 atom stereocenters. The maximum atomic E-state index is 13.2. The Labute approximate surface area is 186 Å². The Morgan fingerprint density at radius 3 is 2.62 bits per heavy atom. The van der Waals surface area contributed by atoms with E-state index < -0.39 is 0 Å². The lowest BCUT2D eigenvalue weighted by atomic mass is 10.1. The molecule has 1 amide bonds. The van der Waals surface area contributed by atoms with Crippen LogP contribution in [0.25, 0.3) is 16.4 Å². The molecule has 0 aliphatic rings. The number of rotatable bonds is 8. The van der Waals surface area contributed by atoms with Crippen LogP contribution >= 0.6 is 0 Å². The van der Waals surface area contributed by atoms with E-state index in [1.54, 1.807) is 7.11 Å². The van der Waals surface area contributed by atoms with Crippen LogP contribution < -0.4 is 15.6 Å². The van der Waals surface area contributed by atoms with Gasteiger partial charge in [-0.05, 0) is 43.5 Å². The molecule has 0 unspecified atom stereocenters. The standard InChI is InChI=1S/C25H28N4O3/c1-4-23-27-28(16-24(30)26-17(2)13-14-18-9-6-5-7-10-18)25(31)21-15-19-20(29(21)23)11-8-12-22(19)32-3/h5-12,15,17H,4,13-14,16H2,1-3H3,(H,26,30)/t17-/m0/s1. The normalized spacial score (nSPS) is 12.2. The SMILES string of the molecule is CCc1nn(CC(=O)N[C@@H](C)CCc2ccccc2)c(=O)c2cc3c(OC)cccc3n12. The largest absolute Gasteiger partial charge is 0.496 e. The Morgan fingerprint density at radius 1 is 1.12 bits per heavy atom. The first-order valence-electron chi connectivity index (χ1n) is 10.9. The fourth-order valence-corrected chi connectivity index (χ4v) is 4.07. The topological polar surface area (TPSA) is 77.6 Å². The second-order valence-corrected chi connectivity index (χ2v) is 7.98. The zero-order chi connectivity index (χ0) is 22.7. The predicted octanol–water partition coefficient (Wildman–Crippen LogP) is 3.36. The first-order valence-corrected chi connectivity index (χ1v) is 10.9. The first-order chi connectivity index (χ1) is 15.5. The summed E-state index contributed by atoms with van der Waals surface area (Å²) in [6.07, 6.45) is 2.32. The summed E-state index contributed by atoms with van der Waals surface area (Å²) in [7, 11) is 1.61. The van der Waals surface area contributed by atoms with Gasteiger partial charge >= 0.3 is 0 Å². The molecule has 2 aromatic carbocycles. The minimum atomic E-state index is -0.299. The lowest BCUT2D eigenvalue weighted by molar-refractivity contribution is -0.122. The molecule has 0 fully saturated rings. The van der Waals surface area contributed by atoms with E-state index in [4.69, 9.17) is 4.74 Å². The van der Waals surface area contributed by atoms with Crippen LogP contribution in [0.1, 0.15) is 31.7 Å². The lowest BCUT2D eigenvalue weighted by Gasteiger charge is -2.15. The summed E-state index contributed by atoms with van der Waals surface area (Å²) in [5.74, 6) is 1.19. The van der Waals surface area contributed by atoms with E-state index in [1.807, 2.05) is 60.7 Å². The monoisotopic (exact) mass is 432 g/mol. The zero-order valence-corrected chi connectivity index (χ0v) is 18.7. The molecule has 7 heteroatoms. The van der Waals surface area contributed by atoms with Gasteiger partial charge in [-0.3, -0.25) is 14.0 Å². The van der Waals surface area contributed by atoms with Gasteiger partial charge in [-0.2, -0.15) is 5.10 Å². The third-order valence-electron chi connectivity index (χ3n) is 5.70. The van der Waals surface area contributed by atoms with Gasteiger partial charge in [0, 0.05) is 17.8 Å². The van der Waals surface area contributed by atoms with E-state index in [0.717, 1.165) is 23.7 Å². The Bertz CT molecular complexity index is 1310. The molecule has 2 heterocycles. The van der Waals surface area contributed by atoms with E-state index in [-0.39, 0.29) is 24.1 Å². The highest BCUT2D eigenvalue weighted by molar-refractivity contribution is 5.92. The fraction of sp³-hybridized carbons (Fsp3) is 0.320. The van der Waals surface area contributed by atoms with Crippen LogP contribution in [0.4, 0.5) is 0 Å². The number of aromatic nitrogens is 3. The first kappa shape index (κ1) is 21.6. The van der Waals surface area contributed by atoms with Crippen molar-refractivity contribution in [2.24, 2.45) is 0 Å². The number of nitrogens with one attached hydrogen (secondary N) is 1. The maximum Gasteiger partial charge on any atom is 0.291 e. The molecule has 2 aromatic heterocycles. The summed E-state index contributed by atoms with van der Waals surface area (Å²) < 4.78 is 8.58. The minimum Gasteiger partial charge on any atom is -0.496 e. The van der Waals surface area contributed by atoms with Gasteiger partial charge in [-0.1, -0.05) is 43.3 Å². The quantitative estimate of drug-likeness (QED) is 0.463. The van der Waals surface area contributed by atoms with E-state index in [0.29, 0.717) is 23.5 Å². The van der Waals surface area contributed by atoms with Crippen LogP contribution in [-0.4, -0.2) is 33.2 Å². The van der Waals surface area contributed by atoms with Crippen molar-refractivity contribution in [3.63, 3.8) is 0 Å². The molecule has 1 N–H and O–H groups in total. The highest BCUT2D eigenvalue weighted by Gasteiger charge is 2.17. The molecular formula is C25H28N4O3. The van der Waals surface area contributed by atoms with Crippen LogP contribution in [-0.2, 0) is 24.2 Å². The van der Waals surface area contributed by atoms with Crippen molar-refractivity contribution in [3.05, 3.63) is 76.3 Å². The number of ether oxygens (including phenoxy) is 1. The van der Waals surface area contributed by atoms with Crippen molar-refractivity contribution in [3.8, 4) is 5.75 Å². The summed E-state index contributed by atoms with van der Waals surface area (Å²) in [4.78, 5) is 25.8. The van der Waals surface area contributed by atoms with Gasteiger partial charge in [0.1, 0.15) is 23.6 Å². The van der Waals surface area contributed by atoms with E-state index in [2.05, 4.69) is 22.5 Å². The highest BCUT2D eigenvalue weighted by atomic mass is 16.5. The molecule has 4 aromatic rings. The van der Waals surface area contributed by atoms with Gasteiger partial charge in [0.05, 0.1) is 12.6 Å². The van der Waals surface area contributed by atoms with Gasteiger partial charge in [-0.15, -0.1) is 0 Å². The lowest BCUT2D eigenvalue weighted by Crippen LogP contribution is -2.39. The number of amides is 1. The number of nitrogens with zero attached hydrogens (tertiary/aromatic N) is 3. The van der Waals surface area contributed by atoms with Gasteiger partial charge in [0.15, 0.2) is 0 Å². The molecule has 0 aliphatic heterocycles. The smallest absolute Gasteiger partial charge is 0.291 e. The number of aryl methyl sites for hydroxylation is 2. The summed E-state index contributed by atoms with van der Waals surface area (Å²) in [6, 6.07) is 17.7. The third kappa shape index (κ3) is 4.23. The van der Waals surface area contributed by atoms with Crippen LogP contribution in [0, 0.1) is 0 Å². The van der Waals surface area contributed by atoms with Gasteiger partial charge < -0.3 is 10.1 Å². The molecule has 166 valence electrons. The Balaban J connectivity index is 1.56. The number of hydrogen-bond donors (Lipinski definition) is 1. The number of hydrogen-bond acceptors (Lipinski definition) is 4. The summed E-state index contributed by atoms with van der Waals surface area (Å²) in [6.45, 7) is 3.84. The number of carbonyl (C=O) groups excluding carboxylic acids is 1. The summed E-state index contributed by atoms with van der Waals surface area (Å²) >= 11 is 0. The maximum absolute atomic E-state index is 13.2. The van der Waals surface area contributed by atoms with Gasteiger partial charge in [0.2, 0.25) is 5.91 Å². The second-order valence-electron chi connectivity index (χ2n) is 7.98. The average molecular weight is 433 g/mol. The summed E-state index contributed by atoms with van der Waals surface area (Å²) in [5.41, 5.74) is 2.29. The number of benzene rings is 2. The molecule has 0 bridgehead atoms. The third-order valence-corrected chi connectivity index (χ3v) is 5.70. The predicted molar refractivity (Wildman–Crippen MR) is 125 cm³/mol. The molecule has 0 radical (unpaired) electrons.